The molecule has 0 aromatic heterocycles. The van der Waals surface area contributed by atoms with E-state index in [1.807, 2.05) is 0 Å². The van der Waals surface area contributed by atoms with E-state index >= 15 is 0 Å². The summed E-state index contributed by atoms with van der Waals surface area (Å²) in [7, 11) is 0. The van der Waals surface area contributed by atoms with Gasteiger partial charge >= 0.3 is 0 Å². The molecule has 1 fully saturated rings. The van der Waals surface area contributed by atoms with Gasteiger partial charge in [0.15, 0.2) is 11.6 Å². The largest absolute Gasteiger partial charge is 0.313 e. The van der Waals surface area contributed by atoms with Crippen LogP contribution >= 0.6 is 0 Å². The van der Waals surface area contributed by atoms with E-state index < -0.39 is 11.6 Å². The van der Waals surface area contributed by atoms with Crippen molar-refractivity contribution >= 4 is 0 Å². The molecule has 1 N–H and O–H groups in total. The summed E-state index contributed by atoms with van der Waals surface area (Å²) in [4.78, 5) is 0. The lowest BCUT2D eigenvalue weighted by Crippen LogP contribution is -2.38. The van der Waals surface area contributed by atoms with E-state index in [4.69, 9.17) is 0 Å². The van der Waals surface area contributed by atoms with Crippen LogP contribution in [0.2, 0.25) is 0 Å². The van der Waals surface area contributed by atoms with Crippen LogP contribution in [0.25, 0.3) is 0 Å². The first-order valence-electron chi connectivity index (χ1n) is 7.29. The predicted molar refractivity (Wildman–Crippen MR) is 74.0 cm³/mol. The summed E-state index contributed by atoms with van der Waals surface area (Å²) in [6.45, 7) is 5.27. The number of nitrogens with one attached hydrogen (secondary N) is 1. The van der Waals surface area contributed by atoms with Crippen molar-refractivity contribution in [2.24, 2.45) is 11.8 Å². The Morgan fingerprint density at radius 1 is 1.32 bits per heavy atom. The second kappa shape index (κ2) is 6.47. The van der Waals surface area contributed by atoms with Crippen molar-refractivity contribution in [1.29, 1.82) is 0 Å². The minimum atomic E-state index is -0.745. The van der Waals surface area contributed by atoms with Gasteiger partial charge in [0.25, 0.3) is 0 Å². The van der Waals surface area contributed by atoms with Crippen LogP contribution in [-0.4, -0.2) is 12.6 Å². The van der Waals surface area contributed by atoms with Crippen LogP contribution in [0, 0.1) is 23.5 Å². The second-order valence-corrected chi connectivity index (χ2v) is 5.67. The van der Waals surface area contributed by atoms with Crippen molar-refractivity contribution in [3.63, 3.8) is 0 Å². The van der Waals surface area contributed by atoms with E-state index in [0.29, 0.717) is 17.9 Å². The molecule has 0 bridgehead atoms. The molecule has 1 aliphatic rings. The second-order valence-electron chi connectivity index (χ2n) is 5.67. The Labute approximate surface area is 114 Å². The molecule has 3 heteroatoms. The zero-order valence-corrected chi connectivity index (χ0v) is 11.8. The zero-order valence-electron chi connectivity index (χ0n) is 11.8. The van der Waals surface area contributed by atoms with E-state index in [0.717, 1.165) is 18.9 Å². The number of halogens is 2. The molecule has 1 aromatic carbocycles. The molecule has 1 aliphatic carbocycles. The fourth-order valence-electron chi connectivity index (χ4n) is 2.67. The van der Waals surface area contributed by atoms with Crippen LogP contribution in [0.4, 0.5) is 8.78 Å². The highest BCUT2D eigenvalue weighted by molar-refractivity contribution is 5.20. The third kappa shape index (κ3) is 3.75. The number of rotatable bonds is 7. The molecule has 0 radical (unpaired) electrons. The molecular weight excluding hydrogens is 244 g/mol. The third-order valence-corrected chi connectivity index (χ3v) is 4.13. The molecule has 2 unspecified atom stereocenters. The van der Waals surface area contributed by atoms with E-state index in [2.05, 4.69) is 19.2 Å². The maximum absolute atomic E-state index is 13.8. The maximum atomic E-state index is 13.8. The summed E-state index contributed by atoms with van der Waals surface area (Å²) in [5.74, 6) is -0.153. The van der Waals surface area contributed by atoms with Gasteiger partial charge in [-0.3, -0.25) is 0 Å². The van der Waals surface area contributed by atoms with Crippen LogP contribution in [0.3, 0.4) is 0 Å². The summed E-state index contributed by atoms with van der Waals surface area (Å²) < 4.78 is 27.0. The lowest BCUT2D eigenvalue weighted by molar-refractivity contribution is 0.335. The summed E-state index contributed by atoms with van der Waals surface area (Å²) in [6.07, 6.45) is 4.18. The maximum Gasteiger partial charge on any atom is 0.162 e. The molecule has 1 saturated carbocycles. The molecule has 0 heterocycles. The molecular formula is C16H23F2N. The van der Waals surface area contributed by atoms with Crippen molar-refractivity contribution in [3.05, 3.63) is 35.4 Å². The van der Waals surface area contributed by atoms with Crippen LogP contribution in [0.1, 0.15) is 38.7 Å². The molecule has 19 heavy (non-hydrogen) atoms. The van der Waals surface area contributed by atoms with Crippen molar-refractivity contribution in [2.75, 3.05) is 6.54 Å². The van der Waals surface area contributed by atoms with E-state index in [-0.39, 0.29) is 6.04 Å². The minimum absolute atomic E-state index is 0.240. The van der Waals surface area contributed by atoms with Gasteiger partial charge in [0.05, 0.1) is 0 Å². The standard InChI is InChI=1S/C16H23F2N/c1-3-9-19-15(11(2)12-7-8-12)10-13-5-4-6-14(17)16(13)18/h4-6,11-12,15,19H,3,7-10H2,1-2H3. The number of hydrogen-bond acceptors (Lipinski definition) is 1. The fourth-order valence-corrected chi connectivity index (χ4v) is 2.67. The fraction of sp³-hybridized carbons (Fsp3) is 0.625. The molecule has 0 aliphatic heterocycles. The van der Waals surface area contributed by atoms with Gasteiger partial charge in [-0.05, 0) is 55.7 Å². The highest BCUT2D eigenvalue weighted by Crippen LogP contribution is 2.39. The zero-order chi connectivity index (χ0) is 13.8. The monoisotopic (exact) mass is 267 g/mol. The van der Waals surface area contributed by atoms with Gasteiger partial charge in [0, 0.05) is 6.04 Å². The Hall–Kier alpha value is -0.960. The molecule has 0 amide bonds. The average molecular weight is 267 g/mol. The summed E-state index contributed by atoms with van der Waals surface area (Å²) in [6, 6.07) is 4.70. The highest BCUT2D eigenvalue weighted by atomic mass is 19.2. The average Bonchev–Trinajstić information content (AvgIpc) is 3.23. The third-order valence-electron chi connectivity index (χ3n) is 4.13. The van der Waals surface area contributed by atoms with Crippen molar-refractivity contribution in [2.45, 2.75) is 45.6 Å². The van der Waals surface area contributed by atoms with Crippen LogP contribution < -0.4 is 5.32 Å². The van der Waals surface area contributed by atoms with Crippen LogP contribution in [0.15, 0.2) is 18.2 Å². The van der Waals surface area contributed by atoms with E-state index in [9.17, 15) is 8.78 Å². The SMILES string of the molecule is CCCNC(Cc1cccc(F)c1F)C(C)C1CC1. The Kier molecular flexibility index (Phi) is 4.92. The summed E-state index contributed by atoms with van der Waals surface area (Å²) in [5.41, 5.74) is 0.487. The Balaban J connectivity index is 2.07. The van der Waals surface area contributed by atoms with Gasteiger partial charge in [-0.2, -0.15) is 0 Å². The van der Waals surface area contributed by atoms with Gasteiger partial charge in [-0.1, -0.05) is 26.0 Å². The van der Waals surface area contributed by atoms with E-state index in [1.54, 1.807) is 12.1 Å². The molecule has 1 aromatic rings. The van der Waals surface area contributed by atoms with Gasteiger partial charge in [-0.25, -0.2) is 8.78 Å². The first-order valence-corrected chi connectivity index (χ1v) is 7.29. The Morgan fingerprint density at radius 2 is 2.05 bits per heavy atom. The first-order chi connectivity index (χ1) is 9.13. The summed E-state index contributed by atoms with van der Waals surface area (Å²) in [5, 5.41) is 3.50. The van der Waals surface area contributed by atoms with Gasteiger partial charge in [0.1, 0.15) is 0 Å². The summed E-state index contributed by atoms with van der Waals surface area (Å²) >= 11 is 0. The van der Waals surface area contributed by atoms with Gasteiger partial charge in [-0.15, -0.1) is 0 Å². The number of benzene rings is 1. The molecule has 0 spiro atoms. The quantitative estimate of drug-likeness (QED) is 0.789. The lowest BCUT2D eigenvalue weighted by Gasteiger charge is -2.25. The van der Waals surface area contributed by atoms with E-state index in [1.165, 1.54) is 18.9 Å². The van der Waals surface area contributed by atoms with Crippen molar-refractivity contribution in [1.82, 2.24) is 5.32 Å². The highest BCUT2D eigenvalue weighted by Gasteiger charge is 2.33. The van der Waals surface area contributed by atoms with Crippen molar-refractivity contribution < 1.29 is 8.78 Å². The predicted octanol–water partition coefficient (Wildman–Crippen LogP) is 3.92. The van der Waals surface area contributed by atoms with Crippen LogP contribution in [-0.2, 0) is 6.42 Å². The topological polar surface area (TPSA) is 12.0 Å². The first kappa shape index (κ1) is 14.4. The van der Waals surface area contributed by atoms with Crippen molar-refractivity contribution in [3.8, 4) is 0 Å². The smallest absolute Gasteiger partial charge is 0.162 e. The molecule has 0 saturated heterocycles. The molecule has 2 atom stereocenters. The van der Waals surface area contributed by atoms with Crippen LogP contribution in [0.5, 0.6) is 0 Å². The van der Waals surface area contributed by atoms with Gasteiger partial charge < -0.3 is 5.32 Å². The lowest BCUT2D eigenvalue weighted by atomic mass is 9.91. The number of hydrogen-bond donors (Lipinski definition) is 1. The Bertz CT molecular complexity index is 415. The molecule has 2 rings (SSSR count). The normalized spacial score (nSPS) is 18.3. The molecule has 106 valence electrons. The minimum Gasteiger partial charge on any atom is -0.313 e. The Morgan fingerprint density at radius 3 is 2.68 bits per heavy atom. The molecule has 1 nitrogen and oxygen atoms in total. The van der Waals surface area contributed by atoms with Gasteiger partial charge in [0.2, 0.25) is 0 Å².